The minimum atomic E-state index is -0.385. The fourth-order valence-corrected chi connectivity index (χ4v) is 2.38. The third-order valence-electron chi connectivity index (χ3n) is 3.33. The van der Waals surface area contributed by atoms with Gasteiger partial charge in [-0.15, -0.1) is 0 Å². The first-order chi connectivity index (χ1) is 11.5. The van der Waals surface area contributed by atoms with Crippen molar-refractivity contribution in [3.8, 4) is 5.75 Å². The zero-order valence-electron chi connectivity index (χ0n) is 13.4. The normalized spacial score (nSPS) is 9.96. The van der Waals surface area contributed by atoms with Crippen LogP contribution in [0.1, 0.15) is 15.9 Å². The molecule has 0 aliphatic carbocycles. The third-order valence-corrected chi connectivity index (χ3v) is 3.64. The molecule has 0 radical (unpaired) electrons. The van der Waals surface area contributed by atoms with E-state index in [2.05, 4.69) is 16.0 Å². The van der Waals surface area contributed by atoms with Gasteiger partial charge in [0.1, 0.15) is 5.75 Å². The van der Waals surface area contributed by atoms with E-state index in [0.29, 0.717) is 23.5 Å². The maximum absolute atomic E-state index is 12.0. The van der Waals surface area contributed by atoms with Crippen molar-refractivity contribution in [1.82, 2.24) is 10.6 Å². The highest BCUT2D eigenvalue weighted by Crippen LogP contribution is 2.21. The van der Waals surface area contributed by atoms with E-state index < -0.39 is 0 Å². The average Bonchev–Trinajstić information content (AvgIpc) is 2.59. The minimum absolute atomic E-state index is 0.261. The number of hydrogen-bond acceptors (Lipinski definition) is 3. The van der Waals surface area contributed by atoms with Crippen LogP contribution in [0.4, 0.5) is 10.5 Å². The lowest BCUT2D eigenvalue weighted by Crippen LogP contribution is -2.28. The Morgan fingerprint density at radius 3 is 2.58 bits per heavy atom. The van der Waals surface area contributed by atoms with Crippen molar-refractivity contribution in [2.75, 3.05) is 19.5 Å². The maximum Gasteiger partial charge on any atom is 0.319 e. The molecule has 0 atom stereocenters. The van der Waals surface area contributed by atoms with Gasteiger partial charge in [-0.2, -0.15) is 0 Å². The van der Waals surface area contributed by atoms with Gasteiger partial charge in [-0.05, 0) is 24.3 Å². The Balaban J connectivity index is 1.97. The van der Waals surface area contributed by atoms with Crippen molar-refractivity contribution in [1.29, 1.82) is 0 Å². The molecule has 0 aliphatic heterocycles. The van der Waals surface area contributed by atoms with E-state index in [9.17, 15) is 9.59 Å². The number of amides is 3. The maximum atomic E-state index is 12.0. The zero-order chi connectivity index (χ0) is 17.5. The van der Waals surface area contributed by atoms with Crippen LogP contribution in [0.25, 0.3) is 0 Å². The fraction of sp³-hybridized carbons (Fsp3) is 0.176. The molecule has 0 fully saturated rings. The number of para-hydroxylation sites is 1. The van der Waals surface area contributed by atoms with Crippen LogP contribution in [-0.2, 0) is 6.54 Å². The molecule has 0 spiro atoms. The molecule has 0 aliphatic rings. The second-order valence-electron chi connectivity index (χ2n) is 4.89. The number of carbonyl (C=O) groups is 2. The molecule has 7 heteroatoms. The van der Waals surface area contributed by atoms with Crippen molar-refractivity contribution in [3.63, 3.8) is 0 Å². The second kappa shape index (κ2) is 8.21. The monoisotopic (exact) mass is 347 g/mol. The Morgan fingerprint density at radius 1 is 1.17 bits per heavy atom. The van der Waals surface area contributed by atoms with Gasteiger partial charge in [0.15, 0.2) is 0 Å². The summed E-state index contributed by atoms with van der Waals surface area (Å²) < 4.78 is 5.23. The molecule has 24 heavy (non-hydrogen) atoms. The van der Waals surface area contributed by atoms with Crippen LogP contribution in [0, 0.1) is 0 Å². The van der Waals surface area contributed by atoms with Gasteiger partial charge in [-0.25, -0.2) is 4.79 Å². The molecule has 2 aromatic carbocycles. The summed E-state index contributed by atoms with van der Waals surface area (Å²) in [5.41, 5.74) is 1.70. The second-order valence-corrected chi connectivity index (χ2v) is 5.30. The van der Waals surface area contributed by atoms with Crippen LogP contribution in [0.15, 0.2) is 42.5 Å². The van der Waals surface area contributed by atoms with E-state index >= 15 is 0 Å². The first-order valence-electron chi connectivity index (χ1n) is 7.23. The lowest BCUT2D eigenvalue weighted by atomic mass is 10.2. The van der Waals surface area contributed by atoms with Gasteiger partial charge in [0.05, 0.1) is 17.7 Å². The van der Waals surface area contributed by atoms with Crippen LogP contribution in [-0.4, -0.2) is 26.1 Å². The number of nitrogens with one attached hydrogen (secondary N) is 3. The van der Waals surface area contributed by atoms with E-state index in [1.165, 1.54) is 13.1 Å². The molecule has 0 bridgehead atoms. The number of urea groups is 1. The number of halogens is 1. The van der Waals surface area contributed by atoms with Crippen molar-refractivity contribution < 1.29 is 14.3 Å². The first kappa shape index (κ1) is 17.6. The average molecular weight is 348 g/mol. The van der Waals surface area contributed by atoms with Crippen LogP contribution >= 0.6 is 11.6 Å². The van der Waals surface area contributed by atoms with Gasteiger partial charge >= 0.3 is 6.03 Å². The highest BCUT2D eigenvalue weighted by atomic mass is 35.5. The van der Waals surface area contributed by atoms with Gasteiger partial charge in [0.2, 0.25) is 0 Å². The third kappa shape index (κ3) is 4.39. The van der Waals surface area contributed by atoms with Gasteiger partial charge in [-0.1, -0.05) is 29.8 Å². The van der Waals surface area contributed by atoms with Gasteiger partial charge in [0, 0.05) is 24.8 Å². The van der Waals surface area contributed by atoms with Crippen molar-refractivity contribution in [2.45, 2.75) is 6.54 Å². The number of benzene rings is 2. The topological polar surface area (TPSA) is 79.5 Å². The highest BCUT2D eigenvalue weighted by molar-refractivity contribution is 6.34. The van der Waals surface area contributed by atoms with E-state index in [0.717, 1.165) is 5.56 Å². The smallest absolute Gasteiger partial charge is 0.319 e. The predicted octanol–water partition coefficient (Wildman–Crippen LogP) is 3.03. The summed E-state index contributed by atoms with van der Waals surface area (Å²) in [6, 6.07) is 11.7. The van der Waals surface area contributed by atoms with Gasteiger partial charge < -0.3 is 20.7 Å². The molecule has 2 rings (SSSR count). The van der Waals surface area contributed by atoms with Crippen LogP contribution < -0.4 is 20.7 Å². The molecule has 0 heterocycles. The van der Waals surface area contributed by atoms with Crippen molar-refractivity contribution in [3.05, 3.63) is 58.6 Å². The quantitative estimate of drug-likeness (QED) is 0.777. The van der Waals surface area contributed by atoms with Gasteiger partial charge in [-0.3, -0.25) is 4.79 Å². The summed E-state index contributed by atoms with van der Waals surface area (Å²) in [6.45, 7) is 0.319. The largest absolute Gasteiger partial charge is 0.496 e. The summed E-state index contributed by atoms with van der Waals surface area (Å²) in [5.74, 6) is 0.419. The van der Waals surface area contributed by atoms with E-state index in [-0.39, 0.29) is 17.0 Å². The summed E-state index contributed by atoms with van der Waals surface area (Å²) in [7, 11) is 3.10. The molecule has 3 amide bonds. The molecule has 126 valence electrons. The van der Waals surface area contributed by atoms with Crippen LogP contribution in [0.5, 0.6) is 5.75 Å². The zero-order valence-corrected chi connectivity index (χ0v) is 14.1. The molecular formula is C17H18ClN3O3. The summed E-state index contributed by atoms with van der Waals surface area (Å²) in [4.78, 5) is 23.6. The number of anilines is 1. The Kier molecular flexibility index (Phi) is 6.03. The SMILES string of the molecule is CNC(=O)c1ccc(NC(=O)NCc2ccccc2OC)cc1Cl. The Morgan fingerprint density at radius 2 is 1.92 bits per heavy atom. The molecule has 3 N–H and O–H groups in total. The minimum Gasteiger partial charge on any atom is -0.496 e. The van der Waals surface area contributed by atoms with Gasteiger partial charge in [0.25, 0.3) is 5.91 Å². The number of hydrogen-bond donors (Lipinski definition) is 3. The molecule has 2 aromatic rings. The fourth-order valence-electron chi connectivity index (χ4n) is 2.11. The Bertz CT molecular complexity index is 750. The Hall–Kier alpha value is -2.73. The molecule has 0 saturated heterocycles. The van der Waals surface area contributed by atoms with Crippen molar-refractivity contribution in [2.24, 2.45) is 0 Å². The number of rotatable bonds is 5. The molecule has 0 unspecified atom stereocenters. The van der Waals surface area contributed by atoms with E-state index in [1.54, 1.807) is 19.2 Å². The van der Waals surface area contributed by atoms with E-state index in [1.807, 2.05) is 24.3 Å². The number of methoxy groups -OCH3 is 1. The predicted molar refractivity (Wildman–Crippen MR) is 93.7 cm³/mol. The molecule has 0 saturated carbocycles. The lowest BCUT2D eigenvalue weighted by molar-refractivity contribution is 0.0963. The lowest BCUT2D eigenvalue weighted by Gasteiger charge is -2.11. The number of carbonyl (C=O) groups excluding carboxylic acids is 2. The summed E-state index contributed by atoms with van der Waals surface area (Å²) in [6.07, 6.45) is 0. The molecule has 6 nitrogen and oxygen atoms in total. The van der Waals surface area contributed by atoms with Crippen LogP contribution in [0.2, 0.25) is 5.02 Å². The van der Waals surface area contributed by atoms with E-state index in [4.69, 9.17) is 16.3 Å². The summed E-state index contributed by atoms with van der Waals surface area (Å²) >= 11 is 6.05. The first-order valence-corrected chi connectivity index (χ1v) is 7.61. The highest BCUT2D eigenvalue weighted by Gasteiger charge is 2.10. The van der Waals surface area contributed by atoms with Crippen molar-refractivity contribution >= 4 is 29.2 Å². The summed E-state index contributed by atoms with van der Waals surface area (Å²) in [5, 5.41) is 8.16. The number of ether oxygens (including phenoxy) is 1. The molecular weight excluding hydrogens is 330 g/mol. The Labute approximate surface area is 145 Å². The molecule has 0 aromatic heterocycles. The standard InChI is InChI=1S/C17H18ClN3O3/c1-19-16(22)13-8-7-12(9-14(13)18)21-17(23)20-10-11-5-3-4-6-15(11)24-2/h3-9H,10H2,1-2H3,(H,19,22)(H2,20,21,23). The van der Waals surface area contributed by atoms with Crippen LogP contribution in [0.3, 0.4) is 0 Å².